The summed E-state index contributed by atoms with van der Waals surface area (Å²) in [6, 6.07) is 11.8. The number of benzene rings is 2. The Balaban J connectivity index is 2.30. The van der Waals surface area contributed by atoms with Crippen molar-refractivity contribution in [1.29, 1.82) is 0 Å². The molecule has 2 nitrogen and oxygen atoms in total. The van der Waals surface area contributed by atoms with Crippen LogP contribution in [0.25, 0.3) is 0 Å². The van der Waals surface area contributed by atoms with E-state index in [4.69, 9.17) is 4.52 Å². The molecule has 2 aromatic rings. The summed E-state index contributed by atoms with van der Waals surface area (Å²) < 4.78 is 18.0. The van der Waals surface area contributed by atoms with E-state index in [9.17, 15) is 4.57 Å². The average Bonchev–Trinajstić information content (AvgIpc) is 2.36. The van der Waals surface area contributed by atoms with E-state index >= 15 is 0 Å². The van der Waals surface area contributed by atoms with E-state index in [1.807, 2.05) is 64.1 Å². The molecule has 0 fully saturated rings. The van der Waals surface area contributed by atoms with Crippen LogP contribution in [0, 0.1) is 27.7 Å². The summed E-state index contributed by atoms with van der Waals surface area (Å²) in [5.74, 6) is 0.696. The summed E-state index contributed by atoms with van der Waals surface area (Å²) in [5, 5.41) is 0.774. The Labute approximate surface area is 115 Å². The van der Waals surface area contributed by atoms with E-state index in [2.05, 4.69) is 0 Å². The summed E-state index contributed by atoms with van der Waals surface area (Å²) in [4.78, 5) is 0. The smallest absolute Gasteiger partial charge is 0.250 e. The summed E-state index contributed by atoms with van der Waals surface area (Å²) in [6.45, 7) is 7.90. The van der Waals surface area contributed by atoms with Gasteiger partial charge in [-0.25, -0.2) is 4.52 Å². The predicted octanol–water partition coefficient (Wildman–Crippen LogP) is 4.37. The minimum Gasteiger partial charge on any atom is -0.250 e. The van der Waals surface area contributed by atoms with Crippen LogP contribution in [0.3, 0.4) is 0 Å². The molecule has 0 saturated carbocycles. The SMILES string of the molecule is Cc1ccc(C)c(O[P+](=O)c2cc(C)ccc2C)c1. The fourth-order valence-electron chi connectivity index (χ4n) is 1.86. The van der Waals surface area contributed by atoms with Crippen molar-refractivity contribution >= 4 is 13.3 Å². The Kier molecular flexibility index (Phi) is 4.01. The maximum absolute atomic E-state index is 12.4. The first-order chi connectivity index (χ1) is 8.97. The standard InChI is InChI=1S/C16H18O2P/c1-11-5-7-13(3)15(9-11)18-19(17)16-10-12(2)6-8-14(16)4/h5-10H,1-4H3/q+1. The molecule has 0 spiro atoms. The molecule has 98 valence electrons. The van der Waals surface area contributed by atoms with Crippen LogP contribution in [-0.2, 0) is 4.57 Å². The molecular weight excluding hydrogens is 255 g/mol. The van der Waals surface area contributed by atoms with Gasteiger partial charge in [-0.05, 0) is 61.1 Å². The maximum Gasteiger partial charge on any atom is 0.597 e. The Morgan fingerprint density at radius 2 is 1.42 bits per heavy atom. The normalized spacial score (nSPS) is 11.3. The zero-order valence-electron chi connectivity index (χ0n) is 11.7. The molecule has 0 aliphatic carbocycles. The van der Waals surface area contributed by atoms with Gasteiger partial charge in [0.2, 0.25) is 5.30 Å². The molecule has 3 heteroatoms. The van der Waals surface area contributed by atoms with E-state index in [0.717, 1.165) is 27.6 Å². The second kappa shape index (κ2) is 5.54. The molecule has 19 heavy (non-hydrogen) atoms. The monoisotopic (exact) mass is 273 g/mol. The summed E-state index contributed by atoms with van der Waals surface area (Å²) in [5.41, 5.74) is 4.19. The molecule has 0 saturated heterocycles. The highest BCUT2D eigenvalue weighted by atomic mass is 31.1. The molecule has 0 radical (unpaired) electrons. The number of aryl methyl sites for hydroxylation is 4. The molecular formula is C16H18O2P+. The minimum absolute atomic E-state index is 0.696. The Bertz CT molecular complexity index is 633. The molecule has 0 aliphatic rings. The molecule has 0 heterocycles. The molecule has 0 N–H and O–H groups in total. The minimum atomic E-state index is -1.87. The fourth-order valence-corrected chi connectivity index (χ4v) is 3.01. The predicted molar refractivity (Wildman–Crippen MR) is 79.7 cm³/mol. The third-order valence-electron chi connectivity index (χ3n) is 3.09. The summed E-state index contributed by atoms with van der Waals surface area (Å²) in [6.07, 6.45) is 0. The lowest BCUT2D eigenvalue weighted by molar-refractivity contribution is 0.512. The lowest BCUT2D eigenvalue weighted by Gasteiger charge is -2.01. The van der Waals surface area contributed by atoms with Crippen LogP contribution in [0.15, 0.2) is 36.4 Å². The number of hydrogen-bond donors (Lipinski definition) is 0. The molecule has 0 bridgehead atoms. The summed E-state index contributed by atoms with van der Waals surface area (Å²) in [7, 11) is -1.87. The third-order valence-corrected chi connectivity index (χ3v) is 4.32. The van der Waals surface area contributed by atoms with Gasteiger partial charge in [0, 0.05) is 5.56 Å². The summed E-state index contributed by atoms with van der Waals surface area (Å²) >= 11 is 0. The van der Waals surface area contributed by atoms with Gasteiger partial charge in [-0.15, -0.1) is 0 Å². The topological polar surface area (TPSA) is 26.3 Å². The molecule has 0 aromatic heterocycles. The molecule has 1 atom stereocenters. The second-order valence-electron chi connectivity index (χ2n) is 4.91. The maximum atomic E-state index is 12.4. The Hall–Kier alpha value is -1.66. The largest absolute Gasteiger partial charge is 0.597 e. The van der Waals surface area contributed by atoms with Crippen molar-refractivity contribution in [2.45, 2.75) is 27.7 Å². The molecule has 1 unspecified atom stereocenters. The van der Waals surface area contributed by atoms with Gasteiger partial charge in [0.15, 0.2) is 5.75 Å². The third kappa shape index (κ3) is 3.21. The van der Waals surface area contributed by atoms with E-state index < -0.39 is 8.03 Å². The quantitative estimate of drug-likeness (QED) is 0.776. The molecule has 2 aromatic carbocycles. The highest BCUT2D eigenvalue weighted by Gasteiger charge is 2.27. The number of hydrogen-bond acceptors (Lipinski definition) is 2. The van der Waals surface area contributed by atoms with Gasteiger partial charge in [-0.3, -0.25) is 0 Å². The van der Waals surface area contributed by atoms with Crippen LogP contribution in [0.2, 0.25) is 0 Å². The van der Waals surface area contributed by atoms with Crippen molar-refractivity contribution in [2.24, 2.45) is 0 Å². The van der Waals surface area contributed by atoms with Crippen molar-refractivity contribution < 1.29 is 9.09 Å². The highest BCUT2D eigenvalue weighted by Crippen LogP contribution is 2.31. The van der Waals surface area contributed by atoms with Gasteiger partial charge in [0.1, 0.15) is 0 Å². The van der Waals surface area contributed by atoms with Crippen molar-refractivity contribution in [3.63, 3.8) is 0 Å². The van der Waals surface area contributed by atoms with Gasteiger partial charge in [-0.1, -0.05) is 24.3 Å². The molecule has 0 amide bonds. The van der Waals surface area contributed by atoms with Crippen LogP contribution in [0.4, 0.5) is 0 Å². The van der Waals surface area contributed by atoms with Crippen LogP contribution >= 0.6 is 8.03 Å². The van der Waals surface area contributed by atoms with Gasteiger partial charge in [0.05, 0.1) is 0 Å². The van der Waals surface area contributed by atoms with Crippen molar-refractivity contribution in [3.8, 4) is 5.75 Å². The van der Waals surface area contributed by atoms with Crippen LogP contribution in [-0.4, -0.2) is 0 Å². The molecule has 0 aliphatic heterocycles. The Morgan fingerprint density at radius 1 is 0.842 bits per heavy atom. The fraction of sp³-hybridized carbons (Fsp3) is 0.250. The highest BCUT2D eigenvalue weighted by molar-refractivity contribution is 7.48. The van der Waals surface area contributed by atoms with Gasteiger partial charge in [0.25, 0.3) is 0 Å². The average molecular weight is 273 g/mol. The van der Waals surface area contributed by atoms with Gasteiger partial charge >= 0.3 is 8.03 Å². The van der Waals surface area contributed by atoms with Crippen molar-refractivity contribution in [2.75, 3.05) is 0 Å². The zero-order chi connectivity index (χ0) is 14.0. The van der Waals surface area contributed by atoms with Crippen LogP contribution in [0.5, 0.6) is 5.75 Å². The van der Waals surface area contributed by atoms with E-state index in [1.165, 1.54) is 0 Å². The van der Waals surface area contributed by atoms with Crippen molar-refractivity contribution in [1.82, 2.24) is 0 Å². The van der Waals surface area contributed by atoms with Crippen LogP contribution < -0.4 is 9.83 Å². The van der Waals surface area contributed by atoms with E-state index in [0.29, 0.717) is 5.75 Å². The lowest BCUT2D eigenvalue weighted by Crippen LogP contribution is -2.05. The van der Waals surface area contributed by atoms with Gasteiger partial charge < -0.3 is 0 Å². The molecule has 2 rings (SSSR count). The zero-order valence-corrected chi connectivity index (χ0v) is 12.6. The van der Waals surface area contributed by atoms with Crippen LogP contribution in [0.1, 0.15) is 22.3 Å². The lowest BCUT2D eigenvalue weighted by atomic mass is 10.1. The first-order valence-corrected chi connectivity index (χ1v) is 7.45. The van der Waals surface area contributed by atoms with E-state index in [-0.39, 0.29) is 0 Å². The first-order valence-electron chi connectivity index (χ1n) is 6.27. The second-order valence-corrected chi connectivity index (χ2v) is 6.09. The first kappa shape index (κ1) is 13.8. The van der Waals surface area contributed by atoms with Crippen molar-refractivity contribution in [3.05, 3.63) is 58.7 Å². The number of rotatable bonds is 3. The van der Waals surface area contributed by atoms with E-state index in [1.54, 1.807) is 0 Å². The Morgan fingerprint density at radius 3 is 2.11 bits per heavy atom. The van der Waals surface area contributed by atoms with Gasteiger partial charge in [-0.2, -0.15) is 0 Å².